The number of benzene rings is 2. The summed E-state index contributed by atoms with van der Waals surface area (Å²) in [6.07, 6.45) is 1.45. The molecule has 180 valence electrons. The monoisotopic (exact) mass is 525 g/mol. The number of Topliss-reactive ketones (excluding diaryl/α,β-unsaturated/α-hetero) is 1. The number of nitrogens with zero attached hydrogens (tertiary/aromatic N) is 1. The molecule has 0 bridgehead atoms. The van der Waals surface area contributed by atoms with Crippen LogP contribution in [0.5, 0.6) is 11.5 Å². The Hall–Kier alpha value is -2.45. The van der Waals surface area contributed by atoms with Crippen LogP contribution in [0.25, 0.3) is 5.76 Å². The Balaban J connectivity index is 1.91. The Morgan fingerprint density at radius 3 is 2.38 bits per heavy atom. The van der Waals surface area contributed by atoms with Gasteiger partial charge < -0.3 is 24.2 Å². The van der Waals surface area contributed by atoms with Gasteiger partial charge in [-0.15, -0.1) is 0 Å². The summed E-state index contributed by atoms with van der Waals surface area (Å²) in [5.41, 5.74) is 0.557. The number of amides is 1. The number of aliphatic hydroxyl groups excluding tert-OH is 1. The van der Waals surface area contributed by atoms with Crippen LogP contribution in [0.3, 0.4) is 0 Å². The van der Waals surface area contributed by atoms with Crippen molar-refractivity contribution >= 4 is 52.3 Å². The van der Waals surface area contributed by atoms with E-state index in [4.69, 9.17) is 49.0 Å². The highest BCUT2D eigenvalue weighted by atomic mass is 35.5. The number of rotatable bonds is 6. The third-order valence-electron chi connectivity index (χ3n) is 5.94. The van der Waals surface area contributed by atoms with Crippen LogP contribution < -0.4 is 9.47 Å². The number of hydrogen-bond donors (Lipinski definition) is 1. The van der Waals surface area contributed by atoms with Crippen molar-refractivity contribution in [2.24, 2.45) is 0 Å². The van der Waals surface area contributed by atoms with Gasteiger partial charge in [-0.3, -0.25) is 9.59 Å². The van der Waals surface area contributed by atoms with Crippen molar-refractivity contribution in [3.8, 4) is 11.5 Å². The van der Waals surface area contributed by atoms with E-state index in [0.29, 0.717) is 17.2 Å². The number of halogens is 3. The average molecular weight is 527 g/mol. The van der Waals surface area contributed by atoms with Gasteiger partial charge in [0.1, 0.15) is 10.8 Å². The van der Waals surface area contributed by atoms with Gasteiger partial charge in [0, 0.05) is 18.2 Å². The van der Waals surface area contributed by atoms with Gasteiger partial charge in [-0.2, -0.15) is 0 Å². The fourth-order valence-corrected chi connectivity index (χ4v) is 5.17. The predicted octanol–water partition coefficient (Wildman–Crippen LogP) is 5.26. The molecule has 0 aromatic heterocycles. The molecule has 2 saturated heterocycles. The Labute approximate surface area is 211 Å². The molecule has 0 saturated carbocycles. The van der Waals surface area contributed by atoms with Crippen molar-refractivity contribution in [3.63, 3.8) is 0 Å². The zero-order valence-electron chi connectivity index (χ0n) is 18.4. The molecule has 0 aliphatic carbocycles. The molecule has 0 radical (unpaired) electrons. The van der Waals surface area contributed by atoms with Gasteiger partial charge >= 0.3 is 0 Å². The van der Waals surface area contributed by atoms with E-state index in [0.717, 1.165) is 12.8 Å². The highest BCUT2D eigenvalue weighted by Gasteiger charge is 2.47. The van der Waals surface area contributed by atoms with E-state index in [2.05, 4.69) is 0 Å². The summed E-state index contributed by atoms with van der Waals surface area (Å²) in [5.74, 6) is -1.82. The van der Waals surface area contributed by atoms with Crippen LogP contribution in [0.4, 0.5) is 0 Å². The fraction of sp³-hybridized carbons (Fsp3) is 0.333. The van der Waals surface area contributed by atoms with Crippen LogP contribution in [-0.2, 0) is 14.3 Å². The molecule has 2 aromatic rings. The lowest BCUT2D eigenvalue weighted by Gasteiger charge is -2.27. The predicted molar refractivity (Wildman–Crippen MR) is 129 cm³/mol. The van der Waals surface area contributed by atoms with E-state index in [-0.39, 0.29) is 45.3 Å². The van der Waals surface area contributed by atoms with E-state index in [1.165, 1.54) is 25.2 Å². The second kappa shape index (κ2) is 10.0. The summed E-state index contributed by atoms with van der Waals surface area (Å²) in [4.78, 5) is 27.8. The molecule has 7 nitrogen and oxygen atoms in total. The molecule has 0 spiro atoms. The molecule has 1 amide bonds. The summed E-state index contributed by atoms with van der Waals surface area (Å²) in [6, 6.07) is 7.24. The fourth-order valence-electron chi connectivity index (χ4n) is 4.36. The van der Waals surface area contributed by atoms with Crippen molar-refractivity contribution in [2.45, 2.75) is 25.0 Å². The van der Waals surface area contributed by atoms with Crippen LogP contribution in [0, 0.1) is 0 Å². The molecule has 4 rings (SSSR count). The molecule has 2 unspecified atom stereocenters. The maximum Gasteiger partial charge on any atom is 0.295 e. The van der Waals surface area contributed by atoms with Crippen molar-refractivity contribution in [2.75, 3.05) is 27.4 Å². The first-order valence-corrected chi connectivity index (χ1v) is 11.7. The van der Waals surface area contributed by atoms with Gasteiger partial charge in [-0.1, -0.05) is 46.9 Å². The number of likely N-dealkylation sites (tertiary alicyclic amines) is 1. The highest BCUT2D eigenvalue weighted by molar-refractivity contribution is 6.47. The molecule has 1 N–H and O–H groups in total. The van der Waals surface area contributed by atoms with E-state index in [1.54, 1.807) is 24.3 Å². The SMILES string of the molecule is COc1c(Cl)cc(/C(O)=C2\C(=O)C(=O)N(CC3CCCO3)C2c2ccc(Cl)cc2)c(OC)c1Cl. The summed E-state index contributed by atoms with van der Waals surface area (Å²) in [5, 5.41) is 12.0. The molecule has 2 atom stereocenters. The minimum atomic E-state index is -0.870. The second-order valence-electron chi connectivity index (χ2n) is 7.92. The summed E-state index contributed by atoms with van der Waals surface area (Å²) >= 11 is 18.7. The molecular weight excluding hydrogens is 505 g/mol. The third kappa shape index (κ3) is 4.33. The number of carbonyl (C=O) groups is 2. The van der Waals surface area contributed by atoms with Crippen molar-refractivity contribution < 1.29 is 28.9 Å². The van der Waals surface area contributed by atoms with Crippen molar-refractivity contribution in [3.05, 3.63) is 62.1 Å². The lowest BCUT2D eigenvalue weighted by Crippen LogP contribution is -2.36. The van der Waals surface area contributed by atoms with Gasteiger partial charge in [0.2, 0.25) is 0 Å². The first-order valence-electron chi connectivity index (χ1n) is 10.5. The average Bonchev–Trinajstić information content (AvgIpc) is 3.42. The van der Waals surface area contributed by atoms with E-state index < -0.39 is 23.5 Å². The van der Waals surface area contributed by atoms with E-state index in [1.807, 2.05) is 0 Å². The molecular formula is C24H22Cl3NO6. The molecule has 2 aliphatic rings. The minimum Gasteiger partial charge on any atom is -0.507 e. The van der Waals surface area contributed by atoms with Gasteiger partial charge in [0.05, 0.1) is 42.5 Å². The Morgan fingerprint density at radius 1 is 1.12 bits per heavy atom. The number of methoxy groups -OCH3 is 2. The first-order chi connectivity index (χ1) is 16.3. The van der Waals surface area contributed by atoms with Crippen molar-refractivity contribution in [1.29, 1.82) is 0 Å². The number of ketones is 1. The van der Waals surface area contributed by atoms with E-state index in [9.17, 15) is 14.7 Å². The van der Waals surface area contributed by atoms with E-state index >= 15 is 0 Å². The van der Waals surface area contributed by atoms with Crippen molar-refractivity contribution in [1.82, 2.24) is 4.90 Å². The quantitative estimate of drug-likeness (QED) is 0.314. The van der Waals surface area contributed by atoms with Gasteiger partial charge in [-0.25, -0.2) is 0 Å². The van der Waals surface area contributed by atoms with Crippen LogP contribution in [0.2, 0.25) is 15.1 Å². The maximum absolute atomic E-state index is 13.2. The first kappa shape index (κ1) is 24.7. The smallest absolute Gasteiger partial charge is 0.295 e. The summed E-state index contributed by atoms with van der Waals surface area (Å²) in [6.45, 7) is 0.802. The van der Waals surface area contributed by atoms with Gasteiger partial charge in [0.15, 0.2) is 11.5 Å². The summed E-state index contributed by atoms with van der Waals surface area (Å²) < 4.78 is 16.3. The molecule has 2 fully saturated rings. The minimum absolute atomic E-state index is 0.0238. The topological polar surface area (TPSA) is 85.3 Å². The lowest BCUT2D eigenvalue weighted by molar-refractivity contribution is -0.140. The molecule has 2 heterocycles. The number of hydrogen-bond acceptors (Lipinski definition) is 6. The number of ether oxygens (including phenoxy) is 3. The third-order valence-corrected chi connectivity index (χ3v) is 6.82. The van der Waals surface area contributed by atoms with Crippen LogP contribution in [0.1, 0.15) is 30.0 Å². The highest BCUT2D eigenvalue weighted by Crippen LogP contribution is 2.47. The molecule has 2 aromatic carbocycles. The Kier molecular flexibility index (Phi) is 7.28. The number of carbonyl (C=O) groups excluding carboxylic acids is 2. The Bertz CT molecular complexity index is 1160. The Morgan fingerprint density at radius 2 is 1.79 bits per heavy atom. The standard InChI is InChI=1S/C24H22Cl3NO6/c1-32-22-15(10-16(26)23(33-2)18(22)27)20(29)17-19(12-5-7-13(25)8-6-12)28(24(31)21(17)30)11-14-4-3-9-34-14/h5-8,10,14,19,29H,3-4,9,11H2,1-2H3/b20-17+. The molecule has 34 heavy (non-hydrogen) atoms. The maximum atomic E-state index is 13.2. The molecule has 2 aliphatic heterocycles. The van der Waals surface area contributed by atoms with Crippen LogP contribution in [-0.4, -0.2) is 55.2 Å². The largest absolute Gasteiger partial charge is 0.507 e. The van der Waals surface area contributed by atoms with Crippen LogP contribution >= 0.6 is 34.8 Å². The zero-order valence-corrected chi connectivity index (χ0v) is 20.7. The van der Waals surface area contributed by atoms with Gasteiger partial charge in [-0.05, 0) is 36.6 Å². The van der Waals surface area contributed by atoms with Gasteiger partial charge in [0.25, 0.3) is 11.7 Å². The summed E-state index contributed by atoms with van der Waals surface area (Å²) in [7, 11) is 2.75. The number of aliphatic hydroxyl groups is 1. The molecule has 10 heteroatoms. The lowest BCUT2D eigenvalue weighted by atomic mass is 9.94. The van der Waals surface area contributed by atoms with Crippen LogP contribution in [0.15, 0.2) is 35.9 Å². The second-order valence-corrected chi connectivity index (χ2v) is 9.15. The normalized spacial score (nSPS) is 21.9. The zero-order chi connectivity index (χ0) is 24.6.